The Morgan fingerprint density at radius 3 is 2.84 bits per heavy atom. The Balaban J connectivity index is 2.13. The summed E-state index contributed by atoms with van der Waals surface area (Å²) in [5, 5.41) is 4.44. The third-order valence-electron chi connectivity index (χ3n) is 4.22. The van der Waals surface area contributed by atoms with Gasteiger partial charge in [0.1, 0.15) is 5.78 Å². The molecule has 1 aliphatic carbocycles. The van der Waals surface area contributed by atoms with Gasteiger partial charge in [-0.25, -0.2) is 0 Å². The minimum atomic E-state index is 0.150. The Labute approximate surface area is 122 Å². The van der Waals surface area contributed by atoms with Gasteiger partial charge in [-0.15, -0.1) is 0 Å². The maximum Gasteiger partial charge on any atom is 0.142 e. The number of aryl methyl sites for hydroxylation is 2. The van der Waals surface area contributed by atoms with E-state index in [1.807, 2.05) is 11.7 Å². The molecule has 0 radical (unpaired) electrons. The molecule has 106 valence electrons. The SMILES string of the molecule is CCc1nn(C)c(CC(=O)C2CCCC2CN)c1Br. The number of halogens is 1. The lowest BCUT2D eigenvalue weighted by Gasteiger charge is -2.16. The van der Waals surface area contributed by atoms with Gasteiger partial charge < -0.3 is 5.73 Å². The number of Topliss-reactive ketones (excluding diaryl/α,β-unsaturated/α-hetero) is 1. The largest absolute Gasteiger partial charge is 0.330 e. The molecular weight excluding hydrogens is 306 g/mol. The molecule has 1 saturated carbocycles. The van der Waals surface area contributed by atoms with Crippen LogP contribution in [0, 0.1) is 11.8 Å². The zero-order valence-corrected chi connectivity index (χ0v) is 13.2. The van der Waals surface area contributed by atoms with Crippen LogP contribution < -0.4 is 5.73 Å². The van der Waals surface area contributed by atoms with E-state index in [4.69, 9.17) is 5.73 Å². The van der Waals surface area contributed by atoms with Gasteiger partial charge in [0, 0.05) is 19.4 Å². The maximum atomic E-state index is 12.5. The lowest BCUT2D eigenvalue weighted by molar-refractivity contribution is -0.123. The van der Waals surface area contributed by atoms with Crippen molar-refractivity contribution in [2.45, 2.75) is 39.0 Å². The zero-order chi connectivity index (χ0) is 14.0. The van der Waals surface area contributed by atoms with Crippen molar-refractivity contribution in [2.24, 2.45) is 24.6 Å². The van der Waals surface area contributed by atoms with Crippen molar-refractivity contribution in [3.8, 4) is 0 Å². The summed E-state index contributed by atoms with van der Waals surface area (Å²) < 4.78 is 2.82. The molecule has 2 rings (SSSR count). The Bertz CT molecular complexity index is 470. The van der Waals surface area contributed by atoms with E-state index in [-0.39, 0.29) is 5.92 Å². The summed E-state index contributed by atoms with van der Waals surface area (Å²) in [6, 6.07) is 0. The molecule has 1 heterocycles. The van der Waals surface area contributed by atoms with Crippen LogP contribution in [0.5, 0.6) is 0 Å². The Kier molecular flexibility index (Phi) is 4.79. The minimum absolute atomic E-state index is 0.150. The second-order valence-electron chi connectivity index (χ2n) is 5.36. The monoisotopic (exact) mass is 327 g/mol. The fourth-order valence-corrected chi connectivity index (χ4v) is 3.81. The predicted octanol–water partition coefficient (Wildman–Crippen LogP) is 2.23. The van der Waals surface area contributed by atoms with Crippen LogP contribution in [0.25, 0.3) is 0 Å². The van der Waals surface area contributed by atoms with Crippen molar-refractivity contribution in [3.63, 3.8) is 0 Å². The van der Waals surface area contributed by atoms with Gasteiger partial charge in [0.25, 0.3) is 0 Å². The second kappa shape index (κ2) is 6.18. The molecule has 4 nitrogen and oxygen atoms in total. The second-order valence-corrected chi connectivity index (χ2v) is 6.15. The Hall–Kier alpha value is -0.680. The third-order valence-corrected chi connectivity index (χ3v) is 5.14. The lowest BCUT2D eigenvalue weighted by Crippen LogP contribution is -2.26. The Morgan fingerprint density at radius 2 is 2.26 bits per heavy atom. The van der Waals surface area contributed by atoms with Gasteiger partial charge >= 0.3 is 0 Å². The number of carbonyl (C=O) groups excluding carboxylic acids is 1. The van der Waals surface area contributed by atoms with Gasteiger partial charge in [-0.05, 0) is 47.7 Å². The molecule has 0 aromatic carbocycles. The van der Waals surface area contributed by atoms with Gasteiger partial charge in [-0.1, -0.05) is 13.3 Å². The molecule has 0 saturated heterocycles. The normalized spacial score (nSPS) is 22.9. The first-order chi connectivity index (χ1) is 9.08. The average Bonchev–Trinajstić information content (AvgIpc) is 2.97. The van der Waals surface area contributed by atoms with Crippen LogP contribution >= 0.6 is 15.9 Å². The van der Waals surface area contributed by atoms with E-state index in [9.17, 15) is 4.79 Å². The van der Waals surface area contributed by atoms with E-state index in [1.54, 1.807) is 0 Å². The van der Waals surface area contributed by atoms with E-state index < -0.39 is 0 Å². The Morgan fingerprint density at radius 1 is 1.53 bits per heavy atom. The van der Waals surface area contributed by atoms with Gasteiger partial charge in [0.15, 0.2) is 0 Å². The highest BCUT2D eigenvalue weighted by atomic mass is 79.9. The number of rotatable bonds is 5. The van der Waals surface area contributed by atoms with Crippen molar-refractivity contribution in [1.29, 1.82) is 0 Å². The highest BCUT2D eigenvalue weighted by molar-refractivity contribution is 9.10. The van der Waals surface area contributed by atoms with Crippen molar-refractivity contribution in [3.05, 3.63) is 15.9 Å². The molecule has 0 spiro atoms. The molecule has 1 fully saturated rings. The number of ketones is 1. The minimum Gasteiger partial charge on any atom is -0.330 e. The number of nitrogens with two attached hydrogens (primary N) is 1. The molecule has 1 aromatic rings. The van der Waals surface area contributed by atoms with Crippen molar-refractivity contribution in [2.75, 3.05) is 6.54 Å². The van der Waals surface area contributed by atoms with Crippen LogP contribution in [0.15, 0.2) is 4.47 Å². The highest BCUT2D eigenvalue weighted by Gasteiger charge is 2.32. The standard InChI is InChI=1S/C14H22BrN3O/c1-3-11-14(15)12(18(2)17-11)7-13(19)10-6-4-5-9(10)8-16/h9-10H,3-8,16H2,1-2H3. The first-order valence-corrected chi connectivity index (χ1v) is 7.80. The van der Waals surface area contributed by atoms with Gasteiger partial charge in [0.2, 0.25) is 0 Å². The molecule has 2 unspecified atom stereocenters. The van der Waals surface area contributed by atoms with Gasteiger partial charge in [-0.2, -0.15) is 5.10 Å². The maximum absolute atomic E-state index is 12.5. The fourth-order valence-electron chi connectivity index (χ4n) is 3.05. The number of hydrogen-bond donors (Lipinski definition) is 1. The quantitative estimate of drug-likeness (QED) is 0.902. The average molecular weight is 328 g/mol. The van der Waals surface area contributed by atoms with E-state index in [0.717, 1.165) is 41.5 Å². The zero-order valence-electron chi connectivity index (χ0n) is 11.7. The number of aromatic nitrogens is 2. The summed E-state index contributed by atoms with van der Waals surface area (Å²) in [4.78, 5) is 12.5. The summed E-state index contributed by atoms with van der Waals surface area (Å²) in [7, 11) is 1.90. The summed E-state index contributed by atoms with van der Waals surface area (Å²) >= 11 is 3.57. The summed E-state index contributed by atoms with van der Waals surface area (Å²) in [5.74, 6) is 0.848. The summed E-state index contributed by atoms with van der Waals surface area (Å²) in [6.45, 7) is 2.70. The smallest absolute Gasteiger partial charge is 0.142 e. The van der Waals surface area contributed by atoms with Crippen LogP contribution in [0.4, 0.5) is 0 Å². The van der Waals surface area contributed by atoms with E-state index in [2.05, 4.69) is 28.0 Å². The molecule has 1 aliphatic rings. The lowest BCUT2D eigenvalue weighted by atomic mass is 9.90. The van der Waals surface area contributed by atoms with Crippen LogP contribution in [0.2, 0.25) is 0 Å². The first kappa shape index (κ1) is 14.7. The highest BCUT2D eigenvalue weighted by Crippen LogP contribution is 2.33. The molecule has 1 aromatic heterocycles. The molecule has 2 N–H and O–H groups in total. The third kappa shape index (κ3) is 2.92. The van der Waals surface area contributed by atoms with E-state index in [1.165, 1.54) is 0 Å². The van der Waals surface area contributed by atoms with Crippen LogP contribution in [0.1, 0.15) is 37.6 Å². The van der Waals surface area contributed by atoms with Crippen LogP contribution in [0.3, 0.4) is 0 Å². The predicted molar refractivity (Wildman–Crippen MR) is 78.9 cm³/mol. The fraction of sp³-hybridized carbons (Fsp3) is 0.714. The van der Waals surface area contributed by atoms with Crippen molar-refractivity contribution >= 4 is 21.7 Å². The number of nitrogens with zero attached hydrogens (tertiary/aromatic N) is 2. The molecule has 5 heteroatoms. The van der Waals surface area contributed by atoms with E-state index in [0.29, 0.717) is 24.7 Å². The van der Waals surface area contributed by atoms with E-state index >= 15 is 0 Å². The molecule has 0 amide bonds. The number of carbonyl (C=O) groups is 1. The topological polar surface area (TPSA) is 60.9 Å². The van der Waals surface area contributed by atoms with Gasteiger partial charge in [0.05, 0.1) is 15.9 Å². The molecule has 0 aliphatic heterocycles. The molecule has 2 atom stereocenters. The number of hydrogen-bond acceptors (Lipinski definition) is 3. The summed E-state index contributed by atoms with van der Waals surface area (Å²) in [5.41, 5.74) is 7.77. The summed E-state index contributed by atoms with van der Waals surface area (Å²) in [6.07, 6.45) is 4.56. The molecular formula is C14H22BrN3O. The van der Waals surface area contributed by atoms with Crippen molar-refractivity contribution < 1.29 is 4.79 Å². The van der Waals surface area contributed by atoms with Crippen LogP contribution in [-0.2, 0) is 24.7 Å². The molecule has 19 heavy (non-hydrogen) atoms. The van der Waals surface area contributed by atoms with Gasteiger partial charge in [-0.3, -0.25) is 9.48 Å². The first-order valence-electron chi connectivity index (χ1n) is 7.01. The molecule has 0 bridgehead atoms. The van der Waals surface area contributed by atoms with Crippen LogP contribution in [-0.4, -0.2) is 22.1 Å². The van der Waals surface area contributed by atoms with Crippen molar-refractivity contribution in [1.82, 2.24) is 9.78 Å².